The third-order valence-electron chi connectivity index (χ3n) is 4.07. The molecule has 3 rings (SSSR count). The third-order valence-corrected chi connectivity index (χ3v) is 4.07. The van der Waals surface area contributed by atoms with Crippen molar-refractivity contribution in [2.75, 3.05) is 5.32 Å². The Morgan fingerprint density at radius 2 is 1.48 bits per heavy atom. The minimum atomic E-state index is -0.370. The first kappa shape index (κ1) is 18.5. The van der Waals surface area contributed by atoms with Gasteiger partial charge in [0.25, 0.3) is 0 Å². The zero-order valence-electron chi connectivity index (χ0n) is 15.3. The van der Waals surface area contributed by atoms with Crippen molar-refractivity contribution in [2.24, 2.45) is 5.92 Å². The van der Waals surface area contributed by atoms with Crippen LogP contribution in [0.4, 0.5) is 5.82 Å². The number of nitrogens with one attached hydrogen (secondary N) is 1. The Morgan fingerprint density at radius 3 is 2.07 bits per heavy atom. The highest BCUT2D eigenvalue weighted by atomic mass is 16.2. The van der Waals surface area contributed by atoms with E-state index in [1.165, 1.54) is 0 Å². The smallest absolute Gasteiger partial charge is 0.232 e. The van der Waals surface area contributed by atoms with Crippen molar-refractivity contribution >= 4 is 17.5 Å². The van der Waals surface area contributed by atoms with Crippen LogP contribution in [0.5, 0.6) is 0 Å². The molecule has 27 heavy (non-hydrogen) atoms. The van der Waals surface area contributed by atoms with Crippen LogP contribution in [0.15, 0.2) is 66.7 Å². The van der Waals surface area contributed by atoms with Crippen molar-refractivity contribution in [3.8, 4) is 22.6 Å². The van der Waals surface area contributed by atoms with Gasteiger partial charge in [0.15, 0.2) is 5.82 Å². The van der Waals surface area contributed by atoms with Gasteiger partial charge in [-0.05, 0) is 0 Å². The number of ketones is 1. The van der Waals surface area contributed by atoms with Crippen LogP contribution < -0.4 is 5.32 Å². The molecule has 2 aromatic carbocycles. The molecule has 0 saturated heterocycles. The summed E-state index contributed by atoms with van der Waals surface area (Å²) in [6.45, 7) is 3.56. The second-order valence-electron chi connectivity index (χ2n) is 6.54. The Hall–Kier alpha value is -3.34. The fourth-order valence-electron chi connectivity index (χ4n) is 2.53. The summed E-state index contributed by atoms with van der Waals surface area (Å²) in [5.74, 6) is 0.242. The molecule has 3 aromatic rings. The molecule has 0 unspecified atom stereocenters. The third kappa shape index (κ3) is 4.85. The Kier molecular flexibility index (Phi) is 5.71. The standard InChI is InChI=1S/C22H21N3O2/c1-15(2)19(26)14-21(27)24-20-13-18(16-9-5-3-6-10-16)23-22(25-20)17-11-7-4-8-12-17/h3-13,15H,14H2,1-2H3,(H,23,24,25,27). The lowest BCUT2D eigenvalue weighted by molar-refractivity contribution is -0.127. The highest BCUT2D eigenvalue weighted by molar-refractivity contribution is 6.04. The van der Waals surface area contributed by atoms with Gasteiger partial charge in [0.2, 0.25) is 5.91 Å². The number of hydrogen-bond acceptors (Lipinski definition) is 4. The lowest BCUT2D eigenvalue weighted by atomic mass is 10.1. The van der Waals surface area contributed by atoms with Gasteiger partial charge in [-0.15, -0.1) is 0 Å². The largest absolute Gasteiger partial charge is 0.310 e. The summed E-state index contributed by atoms with van der Waals surface area (Å²) in [6.07, 6.45) is -0.164. The molecule has 0 bridgehead atoms. The summed E-state index contributed by atoms with van der Waals surface area (Å²) in [5, 5.41) is 2.74. The van der Waals surface area contributed by atoms with Gasteiger partial charge in [0, 0.05) is 23.1 Å². The van der Waals surface area contributed by atoms with Crippen LogP contribution in [-0.4, -0.2) is 21.7 Å². The molecule has 1 heterocycles. The van der Waals surface area contributed by atoms with E-state index in [0.29, 0.717) is 17.3 Å². The fraction of sp³-hybridized carbons (Fsp3) is 0.182. The number of rotatable bonds is 6. The number of aromatic nitrogens is 2. The number of nitrogens with zero attached hydrogens (tertiary/aromatic N) is 2. The van der Waals surface area contributed by atoms with Crippen LogP contribution in [0.2, 0.25) is 0 Å². The quantitative estimate of drug-likeness (QED) is 0.664. The van der Waals surface area contributed by atoms with Gasteiger partial charge in [-0.1, -0.05) is 74.5 Å². The van der Waals surface area contributed by atoms with Crippen LogP contribution in [0.25, 0.3) is 22.6 Å². The minimum absolute atomic E-state index is 0.104. The molecule has 0 spiro atoms. The fourth-order valence-corrected chi connectivity index (χ4v) is 2.53. The van der Waals surface area contributed by atoms with Crippen molar-refractivity contribution < 1.29 is 9.59 Å². The summed E-state index contributed by atoms with van der Waals surface area (Å²) in [6, 6.07) is 21.0. The molecule has 5 nitrogen and oxygen atoms in total. The molecular formula is C22H21N3O2. The second kappa shape index (κ2) is 8.36. The molecule has 0 aliphatic heterocycles. The highest BCUT2D eigenvalue weighted by Gasteiger charge is 2.15. The van der Waals surface area contributed by atoms with E-state index in [-0.39, 0.29) is 24.0 Å². The van der Waals surface area contributed by atoms with E-state index in [4.69, 9.17) is 0 Å². The summed E-state index contributed by atoms with van der Waals surface area (Å²) in [4.78, 5) is 33.2. The van der Waals surface area contributed by atoms with Crippen LogP contribution in [0.3, 0.4) is 0 Å². The first-order valence-corrected chi connectivity index (χ1v) is 8.85. The Labute approximate surface area is 158 Å². The van der Waals surface area contributed by atoms with E-state index >= 15 is 0 Å². The predicted molar refractivity (Wildman–Crippen MR) is 106 cm³/mol. The molecular weight excluding hydrogens is 338 g/mol. The number of amides is 1. The Bertz CT molecular complexity index is 881. The van der Waals surface area contributed by atoms with Crippen molar-refractivity contribution in [1.29, 1.82) is 0 Å². The molecule has 0 aliphatic carbocycles. The Balaban J connectivity index is 1.95. The van der Waals surface area contributed by atoms with Gasteiger partial charge in [0.1, 0.15) is 11.6 Å². The lowest BCUT2D eigenvalue weighted by Crippen LogP contribution is -2.20. The molecule has 136 valence electrons. The van der Waals surface area contributed by atoms with E-state index in [0.717, 1.165) is 11.1 Å². The number of carbonyl (C=O) groups is 2. The zero-order valence-corrected chi connectivity index (χ0v) is 15.3. The maximum absolute atomic E-state index is 12.2. The van der Waals surface area contributed by atoms with Crippen molar-refractivity contribution in [3.05, 3.63) is 66.7 Å². The molecule has 5 heteroatoms. The van der Waals surface area contributed by atoms with E-state index in [1.54, 1.807) is 19.9 Å². The van der Waals surface area contributed by atoms with Gasteiger partial charge >= 0.3 is 0 Å². The number of carbonyl (C=O) groups excluding carboxylic acids is 2. The summed E-state index contributed by atoms with van der Waals surface area (Å²) >= 11 is 0. The number of Topliss-reactive ketones (excluding diaryl/α,β-unsaturated/α-hetero) is 1. The van der Waals surface area contributed by atoms with Gasteiger partial charge in [0.05, 0.1) is 12.1 Å². The SMILES string of the molecule is CC(C)C(=O)CC(=O)Nc1cc(-c2ccccc2)nc(-c2ccccc2)n1. The minimum Gasteiger partial charge on any atom is -0.310 e. The first-order valence-electron chi connectivity index (χ1n) is 8.85. The topological polar surface area (TPSA) is 72.0 Å². The molecule has 1 amide bonds. The predicted octanol–water partition coefficient (Wildman–Crippen LogP) is 4.36. The van der Waals surface area contributed by atoms with E-state index < -0.39 is 0 Å². The Morgan fingerprint density at radius 1 is 0.889 bits per heavy atom. The highest BCUT2D eigenvalue weighted by Crippen LogP contribution is 2.24. The monoisotopic (exact) mass is 359 g/mol. The average Bonchev–Trinajstić information content (AvgIpc) is 2.69. The summed E-state index contributed by atoms with van der Waals surface area (Å²) in [7, 11) is 0. The van der Waals surface area contributed by atoms with Crippen LogP contribution >= 0.6 is 0 Å². The van der Waals surface area contributed by atoms with Gasteiger partial charge < -0.3 is 5.32 Å². The summed E-state index contributed by atoms with van der Waals surface area (Å²) < 4.78 is 0. The normalized spacial score (nSPS) is 10.6. The van der Waals surface area contributed by atoms with Gasteiger partial charge in [-0.25, -0.2) is 9.97 Å². The van der Waals surface area contributed by atoms with E-state index in [9.17, 15) is 9.59 Å². The molecule has 1 aromatic heterocycles. The van der Waals surface area contributed by atoms with Crippen LogP contribution in [-0.2, 0) is 9.59 Å². The molecule has 0 saturated carbocycles. The van der Waals surface area contributed by atoms with Crippen LogP contribution in [0.1, 0.15) is 20.3 Å². The number of anilines is 1. The van der Waals surface area contributed by atoms with Gasteiger partial charge in [-0.2, -0.15) is 0 Å². The first-order chi connectivity index (χ1) is 13.0. The number of hydrogen-bond donors (Lipinski definition) is 1. The average molecular weight is 359 g/mol. The zero-order chi connectivity index (χ0) is 19.2. The van der Waals surface area contributed by atoms with Gasteiger partial charge in [-0.3, -0.25) is 9.59 Å². The maximum Gasteiger partial charge on any atom is 0.232 e. The molecule has 0 radical (unpaired) electrons. The van der Waals surface area contributed by atoms with Crippen molar-refractivity contribution in [1.82, 2.24) is 9.97 Å². The van der Waals surface area contributed by atoms with Crippen LogP contribution in [0, 0.1) is 5.92 Å². The lowest BCUT2D eigenvalue weighted by Gasteiger charge is -2.10. The van der Waals surface area contributed by atoms with Crippen molar-refractivity contribution in [3.63, 3.8) is 0 Å². The molecule has 0 atom stereocenters. The van der Waals surface area contributed by atoms with E-state index in [1.807, 2.05) is 60.7 Å². The van der Waals surface area contributed by atoms with E-state index in [2.05, 4.69) is 15.3 Å². The maximum atomic E-state index is 12.2. The summed E-state index contributed by atoms with van der Waals surface area (Å²) in [5.41, 5.74) is 2.48. The molecule has 0 aliphatic rings. The number of benzene rings is 2. The van der Waals surface area contributed by atoms with Crippen molar-refractivity contribution in [2.45, 2.75) is 20.3 Å². The molecule has 1 N–H and O–H groups in total. The molecule has 0 fully saturated rings. The second-order valence-corrected chi connectivity index (χ2v) is 6.54.